The summed E-state index contributed by atoms with van der Waals surface area (Å²) in [5.74, 6) is 0. The topological polar surface area (TPSA) is 40.2 Å². The first kappa shape index (κ1) is 13.2. The molecule has 2 heterocycles. The molecule has 1 saturated heterocycles. The average molecular weight is 262 g/mol. The molecular formula is C16H26N2O. The molecule has 0 radical (unpaired) electrons. The summed E-state index contributed by atoms with van der Waals surface area (Å²) < 4.78 is 8.28. The van der Waals surface area contributed by atoms with Crippen LogP contribution < -0.4 is 5.73 Å². The maximum atomic E-state index is 6.34. The molecule has 3 atom stereocenters. The summed E-state index contributed by atoms with van der Waals surface area (Å²) in [7, 11) is 0. The summed E-state index contributed by atoms with van der Waals surface area (Å²) in [4.78, 5) is 0. The van der Waals surface area contributed by atoms with Gasteiger partial charge in [0.15, 0.2) is 0 Å². The van der Waals surface area contributed by atoms with E-state index in [9.17, 15) is 0 Å². The zero-order valence-electron chi connectivity index (χ0n) is 12.4. The standard InChI is InChI=1S/C16H26N2O/c1-11(15-5-4-8-19-15)18-7-6-12-13(17)9-16(2,3)10-14(12)18/h6-7,11,13,15H,4-5,8-10,17H2,1-3H3. The Hall–Kier alpha value is -0.800. The Morgan fingerprint density at radius 1 is 1.47 bits per heavy atom. The molecule has 2 N–H and O–H groups in total. The van der Waals surface area contributed by atoms with Gasteiger partial charge in [0.1, 0.15) is 0 Å². The fraction of sp³-hybridized carbons (Fsp3) is 0.750. The Labute approximate surface area is 116 Å². The third-order valence-corrected chi connectivity index (χ3v) is 4.82. The molecule has 3 nitrogen and oxygen atoms in total. The molecule has 1 aromatic heterocycles. The van der Waals surface area contributed by atoms with E-state index in [1.165, 1.54) is 24.1 Å². The highest BCUT2D eigenvalue weighted by molar-refractivity contribution is 5.30. The van der Waals surface area contributed by atoms with E-state index in [1.807, 2.05) is 0 Å². The van der Waals surface area contributed by atoms with Crippen LogP contribution in [0.4, 0.5) is 0 Å². The van der Waals surface area contributed by atoms with Crippen LogP contribution in [-0.4, -0.2) is 17.3 Å². The maximum Gasteiger partial charge on any atom is 0.0780 e. The first-order valence-electron chi connectivity index (χ1n) is 7.55. The summed E-state index contributed by atoms with van der Waals surface area (Å²) in [5, 5.41) is 0. The summed E-state index contributed by atoms with van der Waals surface area (Å²) in [6, 6.07) is 2.84. The first-order valence-corrected chi connectivity index (χ1v) is 7.55. The number of hydrogen-bond donors (Lipinski definition) is 1. The Morgan fingerprint density at radius 2 is 2.26 bits per heavy atom. The second-order valence-electron chi connectivity index (χ2n) is 7.07. The van der Waals surface area contributed by atoms with Gasteiger partial charge in [-0.3, -0.25) is 0 Å². The van der Waals surface area contributed by atoms with Crippen LogP contribution in [0.2, 0.25) is 0 Å². The minimum atomic E-state index is 0.191. The molecule has 1 fully saturated rings. The zero-order chi connectivity index (χ0) is 13.6. The zero-order valence-corrected chi connectivity index (χ0v) is 12.4. The van der Waals surface area contributed by atoms with Crippen LogP contribution in [-0.2, 0) is 11.2 Å². The normalized spacial score (nSPS) is 31.2. The Balaban J connectivity index is 1.92. The molecule has 0 saturated carbocycles. The van der Waals surface area contributed by atoms with Crippen molar-refractivity contribution in [3.63, 3.8) is 0 Å². The van der Waals surface area contributed by atoms with Crippen LogP contribution in [0.25, 0.3) is 0 Å². The van der Waals surface area contributed by atoms with Crippen LogP contribution >= 0.6 is 0 Å². The van der Waals surface area contributed by atoms with Crippen molar-refractivity contribution in [2.24, 2.45) is 11.1 Å². The third kappa shape index (κ3) is 2.34. The highest BCUT2D eigenvalue weighted by Crippen LogP contribution is 2.41. The van der Waals surface area contributed by atoms with Crippen molar-refractivity contribution in [2.75, 3.05) is 6.61 Å². The predicted octanol–water partition coefficient (Wildman–Crippen LogP) is 3.20. The molecule has 3 unspecified atom stereocenters. The van der Waals surface area contributed by atoms with Crippen LogP contribution in [0.1, 0.15) is 63.4 Å². The smallest absolute Gasteiger partial charge is 0.0780 e. The third-order valence-electron chi connectivity index (χ3n) is 4.82. The van der Waals surface area contributed by atoms with Gasteiger partial charge in [0.25, 0.3) is 0 Å². The second-order valence-corrected chi connectivity index (χ2v) is 7.07. The van der Waals surface area contributed by atoms with Crippen molar-refractivity contribution >= 4 is 0 Å². The van der Waals surface area contributed by atoms with Crippen LogP contribution in [0, 0.1) is 5.41 Å². The fourth-order valence-electron chi connectivity index (χ4n) is 3.80. The molecule has 0 bridgehead atoms. The number of ether oxygens (including phenoxy) is 1. The van der Waals surface area contributed by atoms with E-state index in [-0.39, 0.29) is 6.04 Å². The number of hydrogen-bond acceptors (Lipinski definition) is 2. The van der Waals surface area contributed by atoms with Crippen molar-refractivity contribution in [2.45, 2.75) is 64.6 Å². The summed E-state index contributed by atoms with van der Waals surface area (Å²) in [6.45, 7) is 7.85. The van der Waals surface area contributed by atoms with Gasteiger partial charge in [-0.25, -0.2) is 0 Å². The molecule has 19 heavy (non-hydrogen) atoms. The molecule has 0 spiro atoms. The molecule has 1 aliphatic heterocycles. The Bertz CT molecular complexity index is 457. The lowest BCUT2D eigenvalue weighted by Crippen LogP contribution is -2.32. The van der Waals surface area contributed by atoms with Gasteiger partial charge < -0.3 is 15.0 Å². The largest absolute Gasteiger partial charge is 0.376 e. The van der Waals surface area contributed by atoms with Crippen LogP contribution in [0.5, 0.6) is 0 Å². The quantitative estimate of drug-likeness (QED) is 0.889. The highest BCUT2D eigenvalue weighted by Gasteiger charge is 2.34. The van der Waals surface area contributed by atoms with Gasteiger partial charge in [-0.05, 0) is 49.7 Å². The van der Waals surface area contributed by atoms with Gasteiger partial charge >= 0.3 is 0 Å². The maximum absolute atomic E-state index is 6.34. The van der Waals surface area contributed by atoms with Crippen molar-refractivity contribution in [3.8, 4) is 0 Å². The monoisotopic (exact) mass is 262 g/mol. The van der Waals surface area contributed by atoms with E-state index >= 15 is 0 Å². The molecule has 3 heteroatoms. The molecule has 0 aromatic carbocycles. The predicted molar refractivity (Wildman–Crippen MR) is 77.1 cm³/mol. The lowest BCUT2D eigenvalue weighted by atomic mass is 9.74. The van der Waals surface area contributed by atoms with E-state index in [1.54, 1.807) is 0 Å². The van der Waals surface area contributed by atoms with E-state index in [2.05, 4.69) is 37.6 Å². The Kier molecular flexibility index (Phi) is 3.22. The number of aromatic nitrogens is 1. The fourth-order valence-corrected chi connectivity index (χ4v) is 3.80. The highest BCUT2D eigenvalue weighted by atomic mass is 16.5. The lowest BCUT2D eigenvalue weighted by molar-refractivity contribution is 0.0715. The molecule has 1 aromatic rings. The van der Waals surface area contributed by atoms with Gasteiger partial charge in [-0.15, -0.1) is 0 Å². The number of rotatable bonds is 2. The average Bonchev–Trinajstić information content (AvgIpc) is 2.94. The summed E-state index contributed by atoms with van der Waals surface area (Å²) in [5.41, 5.74) is 9.44. The van der Waals surface area contributed by atoms with E-state index in [4.69, 9.17) is 10.5 Å². The van der Waals surface area contributed by atoms with Gasteiger partial charge in [0.05, 0.1) is 12.1 Å². The first-order chi connectivity index (χ1) is 8.98. The summed E-state index contributed by atoms with van der Waals surface area (Å²) in [6.07, 6.45) is 7.18. The van der Waals surface area contributed by atoms with Gasteiger partial charge in [-0.2, -0.15) is 0 Å². The number of nitrogens with two attached hydrogens (primary N) is 1. The van der Waals surface area contributed by atoms with E-state index in [0.29, 0.717) is 17.6 Å². The minimum absolute atomic E-state index is 0.191. The van der Waals surface area contributed by atoms with Crippen LogP contribution in [0.3, 0.4) is 0 Å². The molecule has 106 valence electrons. The minimum Gasteiger partial charge on any atom is -0.376 e. The molecule has 3 rings (SSSR count). The van der Waals surface area contributed by atoms with Crippen LogP contribution in [0.15, 0.2) is 12.3 Å². The number of nitrogens with zero attached hydrogens (tertiary/aromatic N) is 1. The Morgan fingerprint density at radius 3 is 2.95 bits per heavy atom. The lowest BCUT2D eigenvalue weighted by Gasteiger charge is -2.36. The van der Waals surface area contributed by atoms with Crippen molar-refractivity contribution in [1.82, 2.24) is 4.57 Å². The second kappa shape index (κ2) is 4.64. The molecule has 2 aliphatic rings. The van der Waals surface area contributed by atoms with Crippen molar-refractivity contribution < 1.29 is 4.74 Å². The van der Waals surface area contributed by atoms with Crippen molar-refractivity contribution in [3.05, 3.63) is 23.5 Å². The van der Waals surface area contributed by atoms with Gasteiger partial charge in [0, 0.05) is 24.5 Å². The van der Waals surface area contributed by atoms with E-state index in [0.717, 1.165) is 19.4 Å². The van der Waals surface area contributed by atoms with E-state index < -0.39 is 0 Å². The molecule has 1 aliphatic carbocycles. The van der Waals surface area contributed by atoms with Gasteiger partial charge in [-0.1, -0.05) is 13.8 Å². The number of fused-ring (bicyclic) bond motifs is 1. The van der Waals surface area contributed by atoms with Crippen molar-refractivity contribution in [1.29, 1.82) is 0 Å². The summed E-state index contributed by atoms with van der Waals surface area (Å²) >= 11 is 0. The SMILES string of the molecule is CC(C1CCCO1)n1ccc2c1CC(C)(C)CC2N. The van der Waals surface area contributed by atoms with Gasteiger partial charge in [0.2, 0.25) is 0 Å². The molecular weight excluding hydrogens is 236 g/mol. The molecule has 0 amide bonds.